The molecule has 9 aromatic carbocycles. The first-order chi connectivity index (χ1) is 28.2. The lowest BCUT2D eigenvalue weighted by atomic mass is 10.0. The monoisotopic (exact) mass is 730 g/mol. The Morgan fingerprint density at radius 1 is 0.316 bits per heavy atom. The summed E-state index contributed by atoms with van der Waals surface area (Å²) >= 11 is 0. The van der Waals surface area contributed by atoms with Gasteiger partial charge in [-0.2, -0.15) is 0 Å². The number of hydrogen-bond donors (Lipinski definition) is 0. The van der Waals surface area contributed by atoms with Crippen molar-refractivity contribution in [2.24, 2.45) is 0 Å². The van der Waals surface area contributed by atoms with Gasteiger partial charge < -0.3 is 13.7 Å². The van der Waals surface area contributed by atoms with E-state index in [1.54, 1.807) is 0 Å². The largest absolute Gasteiger partial charge is 0.456 e. The fourth-order valence-electron chi connectivity index (χ4n) is 7.94. The normalized spacial score (nSPS) is 11.5. The van der Waals surface area contributed by atoms with E-state index >= 15 is 0 Å². The standard InChI is InChI=1S/C53H34N2O2/c1-3-9-35(10-4-1)37-15-18-40(19-16-37)53-54-49-34-51-48(33-52(49)57-53)47-32-43(25-30-50(47)56-51)39-23-28-46(29-24-39)55(44-13-5-2-6-14-44)45-26-21-38(22-27-45)42-20-17-36-11-7-8-12-41(36)31-42/h1-34H. The van der Waals surface area contributed by atoms with Crippen LogP contribution in [-0.4, -0.2) is 4.98 Å². The van der Waals surface area contributed by atoms with Crippen LogP contribution in [0.3, 0.4) is 0 Å². The fourth-order valence-corrected chi connectivity index (χ4v) is 7.94. The average molecular weight is 731 g/mol. The van der Waals surface area contributed by atoms with E-state index in [4.69, 9.17) is 13.8 Å². The van der Waals surface area contributed by atoms with Gasteiger partial charge in [-0.1, -0.05) is 127 Å². The van der Waals surface area contributed by atoms with Gasteiger partial charge in [-0.25, -0.2) is 4.98 Å². The molecule has 0 spiro atoms. The first kappa shape index (κ1) is 32.7. The van der Waals surface area contributed by atoms with Crippen molar-refractivity contribution in [3.05, 3.63) is 206 Å². The van der Waals surface area contributed by atoms with Crippen LogP contribution in [0.15, 0.2) is 215 Å². The Kier molecular flexibility index (Phi) is 7.78. The third-order valence-electron chi connectivity index (χ3n) is 10.9. The first-order valence-corrected chi connectivity index (χ1v) is 19.2. The van der Waals surface area contributed by atoms with Crippen molar-refractivity contribution in [2.45, 2.75) is 0 Å². The van der Waals surface area contributed by atoms with E-state index < -0.39 is 0 Å². The molecule has 0 aliphatic carbocycles. The average Bonchev–Trinajstić information content (AvgIpc) is 3.87. The third-order valence-corrected chi connectivity index (χ3v) is 10.9. The highest BCUT2D eigenvalue weighted by atomic mass is 16.4. The number of para-hydroxylation sites is 1. The second-order valence-corrected chi connectivity index (χ2v) is 14.4. The second kappa shape index (κ2) is 13.6. The molecular weight excluding hydrogens is 697 g/mol. The Bertz CT molecular complexity index is 3200. The molecule has 11 aromatic rings. The van der Waals surface area contributed by atoms with Crippen molar-refractivity contribution in [3.63, 3.8) is 0 Å². The molecule has 0 fully saturated rings. The topological polar surface area (TPSA) is 42.4 Å². The van der Waals surface area contributed by atoms with E-state index in [-0.39, 0.29) is 0 Å². The van der Waals surface area contributed by atoms with E-state index in [0.717, 1.165) is 72.4 Å². The van der Waals surface area contributed by atoms with Crippen molar-refractivity contribution in [1.29, 1.82) is 0 Å². The molecule has 2 heterocycles. The zero-order valence-electron chi connectivity index (χ0n) is 30.8. The second-order valence-electron chi connectivity index (χ2n) is 14.4. The number of oxazole rings is 1. The minimum absolute atomic E-state index is 0.591. The molecule has 57 heavy (non-hydrogen) atoms. The molecule has 0 radical (unpaired) electrons. The molecule has 0 aliphatic heterocycles. The van der Waals surface area contributed by atoms with Crippen LogP contribution in [0.5, 0.6) is 0 Å². The van der Waals surface area contributed by atoms with Gasteiger partial charge >= 0.3 is 0 Å². The highest BCUT2D eigenvalue weighted by molar-refractivity contribution is 6.10. The molecule has 0 unspecified atom stereocenters. The summed E-state index contributed by atoms with van der Waals surface area (Å²) in [7, 11) is 0. The van der Waals surface area contributed by atoms with Crippen LogP contribution in [0.25, 0.3) is 88.6 Å². The number of aromatic nitrogens is 1. The van der Waals surface area contributed by atoms with Crippen molar-refractivity contribution in [3.8, 4) is 44.8 Å². The predicted molar refractivity (Wildman–Crippen MR) is 235 cm³/mol. The molecule has 0 N–H and O–H groups in total. The highest BCUT2D eigenvalue weighted by Crippen LogP contribution is 2.39. The summed E-state index contributed by atoms with van der Waals surface area (Å²) in [6.45, 7) is 0. The van der Waals surface area contributed by atoms with E-state index in [1.807, 2.05) is 12.1 Å². The summed E-state index contributed by atoms with van der Waals surface area (Å²) in [4.78, 5) is 7.14. The molecule has 0 saturated carbocycles. The quantitative estimate of drug-likeness (QED) is 0.164. The Morgan fingerprint density at radius 3 is 1.54 bits per heavy atom. The van der Waals surface area contributed by atoms with Gasteiger partial charge in [-0.15, -0.1) is 0 Å². The number of anilines is 3. The molecule has 0 bridgehead atoms. The Hall–Kier alpha value is -7.69. The SMILES string of the molecule is c1ccc(-c2ccc(-c3nc4cc5oc6ccc(-c7ccc(N(c8ccccc8)c8ccc(-c9ccc%10ccccc%10c9)cc8)cc7)cc6c5cc4o3)cc2)cc1. The van der Waals surface area contributed by atoms with E-state index in [0.29, 0.717) is 5.89 Å². The lowest BCUT2D eigenvalue weighted by molar-refractivity contribution is 0.620. The zero-order chi connectivity index (χ0) is 37.7. The van der Waals surface area contributed by atoms with Gasteiger partial charge in [0.2, 0.25) is 5.89 Å². The molecule has 4 heteroatoms. The highest BCUT2D eigenvalue weighted by Gasteiger charge is 2.16. The Balaban J connectivity index is 0.897. The van der Waals surface area contributed by atoms with Gasteiger partial charge in [0.05, 0.1) is 0 Å². The molecule has 0 atom stereocenters. The van der Waals surface area contributed by atoms with Crippen LogP contribution in [0, 0.1) is 0 Å². The first-order valence-electron chi connectivity index (χ1n) is 19.2. The fraction of sp³-hybridized carbons (Fsp3) is 0. The summed E-state index contributed by atoms with van der Waals surface area (Å²) in [5.74, 6) is 0.591. The molecule has 0 amide bonds. The third kappa shape index (κ3) is 6.01. The number of furan rings is 1. The molecule has 11 rings (SSSR count). The van der Waals surface area contributed by atoms with Crippen LogP contribution in [-0.2, 0) is 0 Å². The lowest BCUT2D eigenvalue weighted by Gasteiger charge is -2.26. The van der Waals surface area contributed by atoms with E-state index in [1.165, 1.54) is 27.5 Å². The summed E-state index contributed by atoms with van der Waals surface area (Å²) in [5.41, 5.74) is 14.3. The number of nitrogens with zero attached hydrogens (tertiary/aromatic N) is 2. The van der Waals surface area contributed by atoms with Gasteiger partial charge in [-0.3, -0.25) is 0 Å². The molecule has 2 aromatic heterocycles. The van der Waals surface area contributed by atoms with Crippen molar-refractivity contribution in [2.75, 3.05) is 4.90 Å². The number of rotatable bonds is 7. The van der Waals surface area contributed by atoms with Crippen LogP contribution in [0.1, 0.15) is 0 Å². The van der Waals surface area contributed by atoms with Gasteiger partial charge in [0.15, 0.2) is 5.58 Å². The molecular formula is C53H34N2O2. The minimum atomic E-state index is 0.591. The maximum Gasteiger partial charge on any atom is 0.227 e. The van der Waals surface area contributed by atoms with Crippen LogP contribution >= 0.6 is 0 Å². The van der Waals surface area contributed by atoms with Crippen LogP contribution < -0.4 is 4.90 Å². The summed E-state index contributed by atoms with van der Waals surface area (Å²) in [5, 5.41) is 4.53. The maximum atomic E-state index is 6.35. The van der Waals surface area contributed by atoms with Crippen LogP contribution in [0.4, 0.5) is 17.1 Å². The van der Waals surface area contributed by atoms with Crippen molar-refractivity contribution >= 4 is 60.9 Å². The maximum absolute atomic E-state index is 6.35. The number of benzene rings is 9. The zero-order valence-corrected chi connectivity index (χ0v) is 30.8. The van der Waals surface area contributed by atoms with Gasteiger partial charge in [-0.05, 0) is 117 Å². The Labute approximate surface area is 329 Å². The van der Waals surface area contributed by atoms with E-state index in [9.17, 15) is 0 Å². The smallest absolute Gasteiger partial charge is 0.227 e. The minimum Gasteiger partial charge on any atom is -0.456 e. The van der Waals surface area contributed by atoms with Crippen molar-refractivity contribution < 1.29 is 8.83 Å². The molecule has 0 saturated heterocycles. The van der Waals surface area contributed by atoms with Crippen LogP contribution in [0.2, 0.25) is 0 Å². The number of hydrogen-bond acceptors (Lipinski definition) is 4. The van der Waals surface area contributed by atoms with Crippen molar-refractivity contribution in [1.82, 2.24) is 4.98 Å². The Morgan fingerprint density at radius 2 is 0.825 bits per heavy atom. The summed E-state index contributed by atoms with van der Waals surface area (Å²) < 4.78 is 12.7. The lowest BCUT2D eigenvalue weighted by Crippen LogP contribution is -2.09. The number of fused-ring (bicyclic) bond motifs is 5. The summed E-state index contributed by atoms with van der Waals surface area (Å²) in [6.07, 6.45) is 0. The molecule has 4 nitrogen and oxygen atoms in total. The van der Waals surface area contributed by atoms with E-state index in [2.05, 4.69) is 199 Å². The molecule has 268 valence electrons. The predicted octanol–water partition coefficient (Wildman–Crippen LogP) is 15.0. The summed E-state index contributed by atoms with van der Waals surface area (Å²) in [6, 6.07) is 72.4. The van der Waals surface area contributed by atoms with Gasteiger partial charge in [0.1, 0.15) is 16.7 Å². The molecule has 0 aliphatic rings. The van der Waals surface area contributed by atoms with Gasteiger partial charge in [0, 0.05) is 39.5 Å². The van der Waals surface area contributed by atoms with Gasteiger partial charge in [0.25, 0.3) is 0 Å².